The average Bonchev–Trinajstić information content (AvgIpc) is 3.14. The van der Waals surface area contributed by atoms with Gasteiger partial charge in [-0.25, -0.2) is 0 Å². The van der Waals surface area contributed by atoms with Crippen molar-refractivity contribution in [3.05, 3.63) is 89.0 Å². The Hall–Kier alpha value is -3.85. The molecule has 0 fully saturated rings. The van der Waals surface area contributed by atoms with Gasteiger partial charge in [0.1, 0.15) is 17.5 Å². The van der Waals surface area contributed by atoms with E-state index < -0.39 is 29.7 Å². The standard InChI is InChI=1S/C26H23F3N2O4/c1-34-25(33)22(30)12-15-6-9-17(10-7-15)35-18-11-8-16(21(14-18)26(27,28)29)13-20-19-4-2-3-5-23(19)31-24(20)32/h2-11,14,20,22H,12-13,30H2,1H3,(H,31,32)/t20?,22-/m1/s1. The highest BCUT2D eigenvalue weighted by Gasteiger charge is 2.37. The molecule has 6 nitrogen and oxygen atoms in total. The van der Waals surface area contributed by atoms with E-state index in [2.05, 4.69) is 10.1 Å². The van der Waals surface area contributed by atoms with E-state index in [0.29, 0.717) is 17.0 Å². The van der Waals surface area contributed by atoms with Crippen LogP contribution >= 0.6 is 0 Å². The number of ether oxygens (including phenoxy) is 2. The zero-order valence-corrected chi connectivity index (χ0v) is 18.8. The molecule has 1 aliphatic heterocycles. The summed E-state index contributed by atoms with van der Waals surface area (Å²) in [5.41, 5.74) is 6.95. The Bertz CT molecular complexity index is 1240. The monoisotopic (exact) mass is 484 g/mol. The molecule has 3 N–H and O–H groups in total. The topological polar surface area (TPSA) is 90.7 Å². The highest BCUT2D eigenvalue weighted by molar-refractivity contribution is 6.03. The Morgan fingerprint density at radius 3 is 2.43 bits per heavy atom. The molecule has 4 rings (SSSR count). The van der Waals surface area contributed by atoms with Crippen LogP contribution in [0, 0.1) is 0 Å². The number of nitrogens with one attached hydrogen (secondary N) is 1. The third-order valence-electron chi connectivity index (χ3n) is 5.84. The summed E-state index contributed by atoms with van der Waals surface area (Å²) in [6.45, 7) is 0. The molecule has 1 amide bonds. The number of para-hydroxylation sites is 1. The maximum Gasteiger partial charge on any atom is 0.416 e. The van der Waals surface area contributed by atoms with Gasteiger partial charge in [0.05, 0.1) is 18.6 Å². The smallest absolute Gasteiger partial charge is 0.416 e. The van der Waals surface area contributed by atoms with Crippen molar-refractivity contribution in [3.63, 3.8) is 0 Å². The summed E-state index contributed by atoms with van der Waals surface area (Å²) in [6.07, 6.45) is -4.47. The molecule has 0 spiro atoms. The molecule has 2 atom stereocenters. The van der Waals surface area contributed by atoms with Crippen LogP contribution in [0.2, 0.25) is 0 Å². The Balaban J connectivity index is 1.53. The van der Waals surface area contributed by atoms with Crippen LogP contribution in [0.25, 0.3) is 0 Å². The van der Waals surface area contributed by atoms with Crippen molar-refractivity contribution in [3.8, 4) is 11.5 Å². The first-order valence-electron chi connectivity index (χ1n) is 10.9. The number of esters is 1. The lowest BCUT2D eigenvalue weighted by Crippen LogP contribution is -2.33. The van der Waals surface area contributed by atoms with Gasteiger partial charge >= 0.3 is 12.1 Å². The van der Waals surface area contributed by atoms with Gasteiger partial charge in [-0.15, -0.1) is 0 Å². The van der Waals surface area contributed by atoms with Crippen molar-refractivity contribution < 1.29 is 32.2 Å². The van der Waals surface area contributed by atoms with Crippen molar-refractivity contribution in [1.82, 2.24) is 0 Å². The van der Waals surface area contributed by atoms with Crippen LogP contribution in [-0.4, -0.2) is 25.0 Å². The molecule has 9 heteroatoms. The summed E-state index contributed by atoms with van der Waals surface area (Å²) in [7, 11) is 1.25. The van der Waals surface area contributed by atoms with Gasteiger partial charge in [-0.1, -0.05) is 36.4 Å². The van der Waals surface area contributed by atoms with Gasteiger partial charge in [0.15, 0.2) is 0 Å². The SMILES string of the molecule is COC(=O)[C@H](N)Cc1ccc(Oc2ccc(CC3C(=O)Nc4ccccc43)c(C(F)(F)F)c2)cc1. The number of methoxy groups -OCH3 is 1. The van der Waals surface area contributed by atoms with Crippen molar-refractivity contribution in [2.24, 2.45) is 5.73 Å². The van der Waals surface area contributed by atoms with Gasteiger partial charge in [0, 0.05) is 5.69 Å². The van der Waals surface area contributed by atoms with Crippen LogP contribution in [0.5, 0.6) is 11.5 Å². The molecule has 0 saturated heterocycles. The molecule has 3 aromatic rings. The van der Waals surface area contributed by atoms with E-state index in [4.69, 9.17) is 10.5 Å². The van der Waals surface area contributed by atoms with E-state index in [1.807, 2.05) is 0 Å². The molecule has 35 heavy (non-hydrogen) atoms. The van der Waals surface area contributed by atoms with Gasteiger partial charge in [-0.2, -0.15) is 13.2 Å². The van der Waals surface area contributed by atoms with Gasteiger partial charge < -0.3 is 20.5 Å². The number of nitrogens with two attached hydrogens (primary N) is 1. The van der Waals surface area contributed by atoms with Crippen LogP contribution in [0.15, 0.2) is 66.7 Å². The van der Waals surface area contributed by atoms with Crippen molar-refractivity contribution in [2.45, 2.75) is 31.0 Å². The van der Waals surface area contributed by atoms with E-state index in [0.717, 1.165) is 11.6 Å². The first kappa shape index (κ1) is 24.3. The zero-order valence-electron chi connectivity index (χ0n) is 18.8. The molecule has 0 aromatic heterocycles. The number of carbonyl (C=O) groups excluding carboxylic acids is 2. The second-order valence-electron chi connectivity index (χ2n) is 8.23. The summed E-state index contributed by atoms with van der Waals surface area (Å²) in [6, 6.07) is 16.4. The summed E-state index contributed by atoms with van der Waals surface area (Å²) in [5, 5.41) is 2.72. The number of anilines is 1. The summed E-state index contributed by atoms with van der Waals surface area (Å²) < 4.78 is 51.9. The van der Waals surface area contributed by atoms with Gasteiger partial charge in [-0.3, -0.25) is 9.59 Å². The number of carbonyl (C=O) groups is 2. The second kappa shape index (κ2) is 9.79. The predicted octanol–water partition coefficient (Wildman–Crippen LogP) is 4.82. The van der Waals surface area contributed by atoms with E-state index >= 15 is 0 Å². The third kappa shape index (κ3) is 5.46. The third-order valence-corrected chi connectivity index (χ3v) is 5.84. The molecule has 0 bridgehead atoms. The fourth-order valence-electron chi connectivity index (χ4n) is 4.08. The number of hydrogen-bond donors (Lipinski definition) is 2. The Morgan fingerprint density at radius 2 is 1.74 bits per heavy atom. The Labute approximate surface area is 199 Å². The minimum atomic E-state index is -4.63. The summed E-state index contributed by atoms with van der Waals surface area (Å²) >= 11 is 0. The second-order valence-corrected chi connectivity index (χ2v) is 8.23. The molecule has 0 aliphatic carbocycles. The number of hydrogen-bond acceptors (Lipinski definition) is 5. The number of alkyl halides is 3. The fourth-order valence-corrected chi connectivity index (χ4v) is 4.08. The number of halogens is 3. The van der Waals surface area contributed by atoms with Crippen LogP contribution in [0.1, 0.15) is 28.2 Å². The Kier molecular flexibility index (Phi) is 6.79. The maximum absolute atomic E-state index is 13.9. The van der Waals surface area contributed by atoms with E-state index in [1.54, 1.807) is 48.5 Å². The number of rotatable bonds is 7. The van der Waals surface area contributed by atoms with E-state index in [-0.39, 0.29) is 30.1 Å². The molecule has 0 saturated carbocycles. The molecule has 1 unspecified atom stereocenters. The van der Waals surface area contributed by atoms with E-state index in [1.165, 1.54) is 19.2 Å². The summed E-state index contributed by atoms with van der Waals surface area (Å²) in [4.78, 5) is 23.9. The largest absolute Gasteiger partial charge is 0.468 e. The first-order chi connectivity index (χ1) is 16.7. The van der Waals surface area contributed by atoms with Crippen LogP contribution in [0.4, 0.5) is 18.9 Å². The predicted molar refractivity (Wildman–Crippen MR) is 123 cm³/mol. The number of benzene rings is 3. The Morgan fingerprint density at radius 1 is 1.06 bits per heavy atom. The van der Waals surface area contributed by atoms with Gasteiger partial charge in [-0.05, 0) is 59.9 Å². The molecule has 1 aliphatic rings. The van der Waals surface area contributed by atoms with Crippen LogP contribution in [0.3, 0.4) is 0 Å². The fraction of sp³-hybridized carbons (Fsp3) is 0.231. The van der Waals surface area contributed by atoms with Crippen molar-refractivity contribution >= 4 is 17.6 Å². The molecule has 3 aromatic carbocycles. The molecular weight excluding hydrogens is 461 g/mol. The maximum atomic E-state index is 13.9. The minimum Gasteiger partial charge on any atom is -0.468 e. The highest BCUT2D eigenvalue weighted by Crippen LogP contribution is 2.40. The number of fused-ring (bicyclic) bond motifs is 1. The average molecular weight is 484 g/mol. The van der Waals surface area contributed by atoms with Crippen molar-refractivity contribution in [1.29, 1.82) is 0 Å². The van der Waals surface area contributed by atoms with Crippen molar-refractivity contribution in [2.75, 3.05) is 12.4 Å². The lowest BCUT2D eigenvalue weighted by atomic mass is 9.90. The molecule has 1 heterocycles. The quantitative estimate of drug-likeness (QED) is 0.470. The lowest BCUT2D eigenvalue weighted by molar-refractivity contribution is -0.142. The number of amides is 1. The lowest BCUT2D eigenvalue weighted by Gasteiger charge is -2.17. The van der Waals surface area contributed by atoms with Gasteiger partial charge in [0.25, 0.3) is 0 Å². The van der Waals surface area contributed by atoms with E-state index in [9.17, 15) is 22.8 Å². The highest BCUT2D eigenvalue weighted by atomic mass is 19.4. The molecular formula is C26H23F3N2O4. The first-order valence-corrected chi connectivity index (χ1v) is 10.9. The minimum absolute atomic E-state index is 0.00819. The zero-order chi connectivity index (χ0) is 25.2. The van der Waals surface area contributed by atoms with Gasteiger partial charge in [0.2, 0.25) is 5.91 Å². The normalized spacial score (nSPS) is 15.8. The van der Waals surface area contributed by atoms with Crippen LogP contribution < -0.4 is 15.8 Å². The summed E-state index contributed by atoms with van der Waals surface area (Å²) in [5.74, 6) is -1.24. The molecule has 182 valence electrons. The molecule has 0 radical (unpaired) electrons. The van der Waals surface area contributed by atoms with Crippen LogP contribution in [-0.2, 0) is 33.3 Å².